The van der Waals surface area contributed by atoms with Gasteiger partial charge in [-0.3, -0.25) is 72.1 Å². The Hall–Kier alpha value is -9.05. The minimum Gasteiger partial charge on any atom is -0.481 e. The van der Waals surface area contributed by atoms with E-state index in [4.69, 9.17) is 17.2 Å². The van der Waals surface area contributed by atoms with Crippen LogP contribution in [0.5, 0.6) is 0 Å². The van der Waals surface area contributed by atoms with Crippen LogP contribution in [0.1, 0.15) is 144 Å². The summed E-state index contributed by atoms with van der Waals surface area (Å²) in [7, 11) is 0. The van der Waals surface area contributed by atoms with Gasteiger partial charge in [0.15, 0.2) is 0 Å². The molecule has 2 aliphatic rings. The second kappa shape index (κ2) is 41.4. The van der Waals surface area contributed by atoms with Gasteiger partial charge < -0.3 is 90.9 Å². The highest BCUT2D eigenvalue weighted by Crippen LogP contribution is 2.25. The van der Waals surface area contributed by atoms with Crippen LogP contribution in [-0.2, 0) is 80.0 Å². The number of aromatic amines is 1. The lowest BCUT2D eigenvalue weighted by Gasteiger charge is -2.30. The largest absolute Gasteiger partial charge is 0.481 e. The first-order valence-electron chi connectivity index (χ1n) is 33.6. The number of hydrogen-bond acceptors (Lipinski definition) is 19. The number of primary amides is 1. The monoisotopic (exact) mass is 1410 g/mol. The van der Waals surface area contributed by atoms with Gasteiger partial charge in [-0.15, -0.1) is 11.8 Å². The molecule has 12 amide bonds. The van der Waals surface area contributed by atoms with E-state index in [9.17, 15) is 77.3 Å². The Morgan fingerprint density at radius 3 is 1.87 bits per heavy atom. The number of aromatic nitrogens is 2. The summed E-state index contributed by atoms with van der Waals surface area (Å²) in [6.07, 6.45) is 0.119. The van der Waals surface area contributed by atoms with Crippen LogP contribution in [0.3, 0.4) is 0 Å². The van der Waals surface area contributed by atoms with Gasteiger partial charge in [0.1, 0.15) is 66.5 Å². The van der Waals surface area contributed by atoms with Crippen LogP contribution in [0.25, 0.3) is 0 Å². The average molecular weight is 1410 g/mol. The Bertz CT molecular complexity index is 3140. The first-order chi connectivity index (χ1) is 46.8. The molecule has 33 nitrogen and oxygen atoms in total. The zero-order valence-corrected chi connectivity index (χ0v) is 58.3. The van der Waals surface area contributed by atoms with Crippen LogP contribution in [0.15, 0.2) is 47.8 Å². The van der Waals surface area contributed by atoms with Gasteiger partial charge in [-0.25, -0.2) is 4.98 Å². The van der Waals surface area contributed by atoms with E-state index in [1.54, 1.807) is 71.9 Å². The average Bonchev–Trinajstić information content (AvgIpc) is 1.72. The highest BCUT2D eigenvalue weighted by molar-refractivity contribution is 8.14. The van der Waals surface area contributed by atoms with Crippen LogP contribution in [0.4, 0.5) is 0 Å². The number of H-pyrrole nitrogens is 1. The number of nitrogens with one attached hydrogen (secondary N) is 12. The smallest absolute Gasteiger partial charge is 0.305 e. The standard InChI is InChI=1S/C65H101N17O16S/c1-9-35(7)51(68)65-80-47(31-99-65)62(96)75-42(25-33(3)4)58(92)73-41(21-22-49(84)85)57(91)81-52(34(5)6)63(97)74-39-19-14-15-24-70-54(88)45(28-48(67)83)77-61(95)46(29-50(86)87)78-60(94)44(27-38-30-69-32-71-38)76-59(93)43(26-37-17-12-11-13-18-37)79-64(98)53(36(8)10-2)82-56(90)40(20-16-23-66)72-55(39)89/h11-13,17-18,30,32-36,39-47,51-53H,9-10,14-16,19-29,31,66,68H2,1-8H3,(H2,67,83)(H,69,71)(H,70,88)(H,72,89)(H,73,92)(H,74,97)(H,75,96)(H,76,93)(H,77,95)(H,78,94)(H,79,98)(H,81,91)(H,82,90)(H,84,85)(H,86,87)/t35-,36-,39-,40+,41+,42-,43+,44-,45-,46+,47-,51-,52-,53-/m0/s1. The number of carbonyl (C=O) groups excluding carboxylic acids is 12. The summed E-state index contributed by atoms with van der Waals surface area (Å²) >= 11 is 1.35. The SMILES string of the molecule is CC[C@H](C)[C@H](N)C1=N[C@H](C(=O)N[C@@H](CC(C)C)C(=O)N[C@H](CCC(=O)O)C(=O)N[C@H](C(=O)N[C@H]2CCCCNC(=O)[C@H](CC(N)=O)NC(=O)[C@@H](CC(=O)O)NC(=O)[C@H](Cc3cnc[nH]3)NC(=O)[C@@H](Cc3ccccc3)NC(=O)[C@H]([C@@H](C)CC)NC(=O)[C@@H](CCCN)NC2=O)C(C)C)CS1. The molecule has 548 valence electrons. The van der Waals surface area contributed by atoms with Gasteiger partial charge in [-0.2, -0.15) is 0 Å². The highest BCUT2D eigenvalue weighted by atomic mass is 32.2. The fourth-order valence-electron chi connectivity index (χ4n) is 10.7. The minimum absolute atomic E-state index is 0.000468. The number of benzene rings is 1. The maximum Gasteiger partial charge on any atom is 0.305 e. The lowest BCUT2D eigenvalue weighted by atomic mass is 9.96. The molecule has 1 aromatic heterocycles. The number of thioether (sulfide) groups is 1. The number of imidazole rings is 1. The van der Waals surface area contributed by atoms with Gasteiger partial charge >= 0.3 is 11.9 Å². The summed E-state index contributed by atoms with van der Waals surface area (Å²) in [5, 5.41) is 48.8. The molecule has 2 aromatic rings. The number of carboxylic acids is 2. The van der Waals surface area contributed by atoms with Gasteiger partial charge in [0.25, 0.3) is 0 Å². The lowest BCUT2D eigenvalue weighted by molar-refractivity contribution is -0.142. The first-order valence-corrected chi connectivity index (χ1v) is 34.5. The van der Waals surface area contributed by atoms with Crippen molar-refractivity contribution in [3.05, 3.63) is 54.1 Å². The van der Waals surface area contributed by atoms with E-state index in [2.05, 4.69) is 73.4 Å². The number of aliphatic imine (C=N–C) groups is 1. The predicted octanol–water partition coefficient (Wildman–Crippen LogP) is -2.07. The third kappa shape index (κ3) is 27.7. The Labute approximate surface area is 579 Å². The summed E-state index contributed by atoms with van der Waals surface area (Å²) in [5.74, 6) is -15.5. The van der Waals surface area contributed by atoms with Crippen molar-refractivity contribution in [1.82, 2.24) is 68.5 Å². The molecule has 1 aromatic carbocycles. The predicted molar refractivity (Wildman–Crippen MR) is 365 cm³/mol. The molecule has 1 fully saturated rings. The number of nitrogens with zero attached hydrogens (tertiary/aromatic N) is 2. The number of nitrogens with two attached hydrogens (primary N) is 3. The van der Waals surface area contributed by atoms with E-state index < -0.39 is 193 Å². The van der Waals surface area contributed by atoms with Gasteiger partial charge in [0, 0.05) is 43.5 Å². The molecule has 0 spiro atoms. The second-order valence-corrected chi connectivity index (χ2v) is 26.9. The van der Waals surface area contributed by atoms with Crippen LogP contribution >= 0.6 is 11.8 Å². The maximum atomic E-state index is 14.8. The molecule has 34 heteroatoms. The van der Waals surface area contributed by atoms with Crippen molar-refractivity contribution in [3.8, 4) is 0 Å². The van der Waals surface area contributed by atoms with E-state index in [-0.39, 0.29) is 88.5 Å². The zero-order valence-electron chi connectivity index (χ0n) is 57.4. The normalized spacial score (nSPS) is 23.0. The van der Waals surface area contributed by atoms with Crippen molar-refractivity contribution in [2.45, 2.75) is 218 Å². The van der Waals surface area contributed by atoms with E-state index in [1.807, 2.05) is 13.8 Å². The van der Waals surface area contributed by atoms with Gasteiger partial charge in [0.05, 0.1) is 30.3 Å². The Morgan fingerprint density at radius 1 is 0.677 bits per heavy atom. The van der Waals surface area contributed by atoms with Crippen molar-refractivity contribution in [2.75, 3.05) is 18.8 Å². The van der Waals surface area contributed by atoms with Crippen LogP contribution in [-0.4, -0.2) is 199 Å². The molecule has 4 rings (SSSR count). The quantitative estimate of drug-likeness (QED) is 0.0400. The fourth-order valence-corrected chi connectivity index (χ4v) is 11.9. The summed E-state index contributed by atoms with van der Waals surface area (Å²) in [5.41, 5.74) is 18.7. The molecule has 14 atom stereocenters. The van der Waals surface area contributed by atoms with E-state index in [0.29, 0.717) is 16.3 Å². The van der Waals surface area contributed by atoms with Gasteiger partial charge in [-0.1, -0.05) is 98.6 Å². The molecule has 0 unspecified atom stereocenters. The minimum atomic E-state index is -1.94. The molecular formula is C65H101N17O16S. The number of carboxylic acid groups (broad SMARTS) is 2. The maximum absolute atomic E-state index is 14.8. The van der Waals surface area contributed by atoms with Crippen molar-refractivity contribution in [1.29, 1.82) is 0 Å². The third-order valence-corrected chi connectivity index (χ3v) is 18.1. The van der Waals surface area contributed by atoms with Crippen molar-refractivity contribution < 1.29 is 77.3 Å². The summed E-state index contributed by atoms with van der Waals surface area (Å²) in [6.45, 7) is 13.9. The van der Waals surface area contributed by atoms with Crippen LogP contribution in [0, 0.1) is 23.7 Å². The number of hydrogen-bond donors (Lipinski definition) is 17. The summed E-state index contributed by atoms with van der Waals surface area (Å²) < 4.78 is 0. The lowest BCUT2D eigenvalue weighted by Crippen LogP contribution is -2.62. The molecular weight excluding hydrogens is 1310 g/mol. The molecule has 2 aliphatic heterocycles. The molecule has 20 N–H and O–H groups in total. The second-order valence-electron chi connectivity index (χ2n) is 25.8. The Balaban J connectivity index is 1.75. The molecule has 1 saturated heterocycles. The molecule has 99 heavy (non-hydrogen) atoms. The number of carbonyl (C=O) groups is 14. The van der Waals surface area contributed by atoms with Gasteiger partial charge in [0.2, 0.25) is 70.9 Å². The summed E-state index contributed by atoms with van der Waals surface area (Å²) in [4.78, 5) is 206. The van der Waals surface area contributed by atoms with Crippen molar-refractivity contribution in [2.24, 2.45) is 45.9 Å². The van der Waals surface area contributed by atoms with Crippen LogP contribution in [0.2, 0.25) is 0 Å². The number of aliphatic carboxylic acids is 2. The molecule has 0 bridgehead atoms. The van der Waals surface area contributed by atoms with Crippen molar-refractivity contribution >= 4 is 99.6 Å². The third-order valence-electron chi connectivity index (χ3n) is 16.9. The van der Waals surface area contributed by atoms with E-state index >= 15 is 0 Å². The number of amides is 12. The van der Waals surface area contributed by atoms with Crippen molar-refractivity contribution in [3.63, 3.8) is 0 Å². The fraction of sp³-hybridized carbons (Fsp3) is 0.631. The van der Waals surface area contributed by atoms with E-state index in [1.165, 1.54) is 24.3 Å². The Kier molecular flexibility index (Phi) is 34.4. The Morgan fingerprint density at radius 2 is 1.28 bits per heavy atom. The molecule has 0 aliphatic carbocycles. The first kappa shape index (κ1) is 82.4. The number of rotatable bonds is 30. The summed E-state index contributed by atoms with van der Waals surface area (Å²) in [6, 6.07) is -8.36. The topological polar surface area (TPSA) is 531 Å². The van der Waals surface area contributed by atoms with Crippen LogP contribution < -0.4 is 75.7 Å². The molecule has 3 heterocycles. The zero-order chi connectivity index (χ0) is 73.6. The molecule has 0 saturated carbocycles. The molecule has 0 radical (unpaired) electrons. The van der Waals surface area contributed by atoms with E-state index in [0.717, 1.165) is 6.42 Å². The van der Waals surface area contributed by atoms with Gasteiger partial charge in [-0.05, 0) is 80.7 Å². The highest BCUT2D eigenvalue weighted by Gasteiger charge is 2.40.